The summed E-state index contributed by atoms with van der Waals surface area (Å²) >= 11 is 0. The van der Waals surface area contributed by atoms with E-state index in [2.05, 4.69) is 20.2 Å². The number of nitrogens with zero attached hydrogens (tertiary/aromatic N) is 6. The molecule has 1 unspecified atom stereocenters. The van der Waals surface area contributed by atoms with E-state index in [1.807, 2.05) is 21.7 Å². The topological polar surface area (TPSA) is 89.9 Å². The van der Waals surface area contributed by atoms with Gasteiger partial charge < -0.3 is 9.42 Å². The van der Waals surface area contributed by atoms with E-state index in [9.17, 15) is 4.79 Å². The second-order valence-corrected chi connectivity index (χ2v) is 7.03. The van der Waals surface area contributed by atoms with E-state index in [4.69, 9.17) is 4.52 Å². The normalized spacial score (nSPS) is 19.3. The van der Waals surface area contributed by atoms with Crippen LogP contribution >= 0.6 is 0 Å². The Hall–Kier alpha value is -3.03. The zero-order valence-electron chi connectivity index (χ0n) is 14.9. The smallest absolute Gasteiger partial charge is 0.258 e. The minimum absolute atomic E-state index is 0.0179. The van der Waals surface area contributed by atoms with Crippen LogP contribution in [0, 0.1) is 0 Å². The van der Waals surface area contributed by atoms with E-state index in [1.54, 1.807) is 18.6 Å². The van der Waals surface area contributed by atoms with Gasteiger partial charge in [-0.15, -0.1) is 0 Å². The van der Waals surface area contributed by atoms with E-state index in [0.29, 0.717) is 18.3 Å². The minimum Gasteiger partial charge on any atom is -0.337 e. The lowest BCUT2D eigenvalue weighted by Gasteiger charge is -2.22. The van der Waals surface area contributed by atoms with Gasteiger partial charge in [0.25, 0.3) is 5.91 Å². The van der Waals surface area contributed by atoms with Gasteiger partial charge in [-0.25, -0.2) is 0 Å². The maximum atomic E-state index is 13.2. The summed E-state index contributed by atoms with van der Waals surface area (Å²) in [5.41, 5.74) is 2.62. The highest BCUT2D eigenvalue weighted by Crippen LogP contribution is 2.34. The number of rotatable bonds is 3. The molecule has 138 valence electrons. The first kappa shape index (κ1) is 16.2. The van der Waals surface area contributed by atoms with Crippen molar-refractivity contribution in [1.29, 1.82) is 0 Å². The molecule has 1 atom stereocenters. The van der Waals surface area contributed by atoms with Crippen LogP contribution in [-0.2, 0) is 13.0 Å². The Morgan fingerprint density at radius 1 is 1.15 bits per heavy atom. The van der Waals surface area contributed by atoms with E-state index in [0.717, 1.165) is 55.5 Å². The van der Waals surface area contributed by atoms with Crippen molar-refractivity contribution >= 4 is 5.91 Å². The van der Waals surface area contributed by atoms with Gasteiger partial charge in [0.05, 0.1) is 17.5 Å². The van der Waals surface area contributed by atoms with Crippen LogP contribution < -0.4 is 0 Å². The van der Waals surface area contributed by atoms with Crippen LogP contribution in [0.4, 0.5) is 0 Å². The summed E-state index contributed by atoms with van der Waals surface area (Å²) in [6.45, 7) is 1.59. The summed E-state index contributed by atoms with van der Waals surface area (Å²) < 4.78 is 7.49. The second kappa shape index (κ2) is 6.61. The summed E-state index contributed by atoms with van der Waals surface area (Å²) in [7, 11) is 0. The molecule has 0 saturated carbocycles. The van der Waals surface area contributed by atoms with Crippen LogP contribution in [0.3, 0.4) is 0 Å². The molecule has 0 spiro atoms. The fourth-order valence-electron chi connectivity index (χ4n) is 4.01. The molecule has 0 aromatic carbocycles. The highest BCUT2D eigenvalue weighted by molar-refractivity contribution is 5.95. The van der Waals surface area contributed by atoms with E-state index in [1.165, 1.54) is 0 Å². The minimum atomic E-state index is -0.181. The number of amides is 1. The van der Waals surface area contributed by atoms with Crippen LogP contribution in [0.25, 0.3) is 11.4 Å². The fourth-order valence-corrected chi connectivity index (χ4v) is 4.01. The summed E-state index contributed by atoms with van der Waals surface area (Å²) in [6.07, 6.45) is 9.99. The number of fused-ring (bicyclic) bond motifs is 1. The second-order valence-electron chi connectivity index (χ2n) is 7.03. The van der Waals surface area contributed by atoms with Gasteiger partial charge in [-0.3, -0.25) is 14.5 Å². The standard InChI is InChI=1S/C19H20N6O2/c26-19(14-12-21-25-11-2-1-4-15(14)25)24-10-3-5-16(24)18-22-17(23-27-18)13-6-8-20-9-7-13/h6-9,12,16H,1-5,10-11H2. The van der Waals surface area contributed by atoms with Gasteiger partial charge in [-0.2, -0.15) is 10.1 Å². The van der Waals surface area contributed by atoms with Gasteiger partial charge >= 0.3 is 0 Å². The van der Waals surface area contributed by atoms with Gasteiger partial charge in [-0.05, 0) is 44.2 Å². The molecule has 0 N–H and O–H groups in total. The number of hydrogen-bond donors (Lipinski definition) is 0. The van der Waals surface area contributed by atoms with Crippen molar-refractivity contribution in [3.8, 4) is 11.4 Å². The van der Waals surface area contributed by atoms with Gasteiger partial charge in [0.1, 0.15) is 6.04 Å². The fraction of sp³-hybridized carbons (Fsp3) is 0.421. The average molecular weight is 364 g/mol. The molecule has 0 bridgehead atoms. The predicted molar refractivity (Wildman–Crippen MR) is 95.7 cm³/mol. The van der Waals surface area contributed by atoms with Crippen molar-refractivity contribution in [2.75, 3.05) is 6.54 Å². The molecule has 3 aromatic rings. The Bertz CT molecular complexity index is 964. The zero-order chi connectivity index (χ0) is 18.2. The number of aromatic nitrogens is 5. The van der Waals surface area contributed by atoms with Crippen molar-refractivity contribution in [1.82, 2.24) is 29.8 Å². The molecule has 5 rings (SSSR count). The molecule has 5 heterocycles. The quantitative estimate of drug-likeness (QED) is 0.710. The molecule has 8 nitrogen and oxygen atoms in total. The molecule has 8 heteroatoms. The third-order valence-electron chi connectivity index (χ3n) is 5.39. The van der Waals surface area contributed by atoms with Crippen molar-refractivity contribution < 1.29 is 9.32 Å². The molecule has 2 aliphatic heterocycles. The first-order valence-corrected chi connectivity index (χ1v) is 9.41. The molecular formula is C19H20N6O2. The largest absolute Gasteiger partial charge is 0.337 e. The van der Waals surface area contributed by atoms with Crippen LogP contribution in [0.5, 0.6) is 0 Å². The maximum Gasteiger partial charge on any atom is 0.258 e. The number of hydrogen-bond acceptors (Lipinski definition) is 6. The van der Waals surface area contributed by atoms with Crippen molar-refractivity contribution in [2.24, 2.45) is 0 Å². The lowest BCUT2D eigenvalue weighted by Crippen LogP contribution is -2.31. The number of carbonyl (C=O) groups is 1. The number of aryl methyl sites for hydroxylation is 1. The van der Waals surface area contributed by atoms with Crippen LogP contribution in [0.2, 0.25) is 0 Å². The van der Waals surface area contributed by atoms with Gasteiger partial charge in [0.2, 0.25) is 11.7 Å². The number of likely N-dealkylation sites (tertiary alicyclic amines) is 1. The predicted octanol–water partition coefficient (Wildman–Crippen LogP) is 2.64. The van der Waals surface area contributed by atoms with Crippen molar-refractivity contribution in [2.45, 2.75) is 44.7 Å². The van der Waals surface area contributed by atoms with Gasteiger partial charge in [-0.1, -0.05) is 5.16 Å². The van der Waals surface area contributed by atoms with Crippen LogP contribution in [-0.4, -0.2) is 42.3 Å². The first-order valence-electron chi connectivity index (χ1n) is 9.41. The molecule has 0 aliphatic carbocycles. The Kier molecular flexibility index (Phi) is 3.95. The van der Waals surface area contributed by atoms with E-state index in [-0.39, 0.29) is 11.9 Å². The SMILES string of the molecule is O=C(c1cnn2c1CCCC2)N1CCCC1c1nc(-c2ccncc2)no1. The summed E-state index contributed by atoms with van der Waals surface area (Å²) in [5, 5.41) is 8.49. The molecule has 3 aromatic heterocycles. The third-order valence-corrected chi connectivity index (χ3v) is 5.39. The van der Waals surface area contributed by atoms with Crippen LogP contribution in [0.1, 0.15) is 53.7 Å². The molecule has 0 radical (unpaired) electrons. The summed E-state index contributed by atoms with van der Waals surface area (Å²) in [4.78, 5) is 23.6. The van der Waals surface area contributed by atoms with E-state index >= 15 is 0 Å². The first-order chi connectivity index (χ1) is 13.3. The molecule has 2 aliphatic rings. The molecule has 1 amide bonds. The Morgan fingerprint density at radius 2 is 2.04 bits per heavy atom. The highest BCUT2D eigenvalue weighted by Gasteiger charge is 2.36. The van der Waals surface area contributed by atoms with Gasteiger partial charge in [0, 0.05) is 31.0 Å². The Labute approximate surface area is 156 Å². The molecule has 27 heavy (non-hydrogen) atoms. The van der Waals surface area contributed by atoms with Crippen molar-refractivity contribution in [3.05, 3.63) is 47.9 Å². The number of pyridine rings is 1. The lowest BCUT2D eigenvalue weighted by molar-refractivity contribution is 0.0708. The zero-order valence-corrected chi connectivity index (χ0v) is 14.9. The Morgan fingerprint density at radius 3 is 2.93 bits per heavy atom. The lowest BCUT2D eigenvalue weighted by atomic mass is 10.1. The summed E-state index contributed by atoms with van der Waals surface area (Å²) in [6, 6.07) is 3.50. The summed E-state index contributed by atoms with van der Waals surface area (Å²) in [5.74, 6) is 1.03. The molecular weight excluding hydrogens is 344 g/mol. The van der Waals surface area contributed by atoms with Crippen molar-refractivity contribution in [3.63, 3.8) is 0 Å². The third kappa shape index (κ3) is 2.81. The number of carbonyl (C=O) groups excluding carboxylic acids is 1. The highest BCUT2D eigenvalue weighted by atomic mass is 16.5. The monoisotopic (exact) mass is 364 g/mol. The molecule has 1 saturated heterocycles. The average Bonchev–Trinajstić information content (AvgIpc) is 3.46. The van der Waals surface area contributed by atoms with Crippen LogP contribution in [0.15, 0.2) is 35.2 Å². The van der Waals surface area contributed by atoms with E-state index < -0.39 is 0 Å². The molecule has 1 fully saturated rings. The Balaban J connectivity index is 1.42. The maximum absolute atomic E-state index is 13.2. The van der Waals surface area contributed by atoms with Gasteiger partial charge in [0.15, 0.2) is 0 Å².